The average Bonchev–Trinajstić information content (AvgIpc) is 3.18. The van der Waals surface area contributed by atoms with Crippen LogP contribution < -0.4 is 10.1 Å². The number of hydrogen-bond acceptors (Lipinski definition) is 4. The quantitative estimate of drug-likeness (QED) is 0.642. The van der Waals surface area contributed by atoms with E-state index in [0.29, 0.717) is 17.2 Å². The number of carbonyl (C=O) groups is 2. The van der Waals surface area contributed by atoms with Crippen LogP contribution >= 0.6 is 15.9 Å². The van der Waals surface area contributed by atoms with Crippen LogP contribution in [0.2, 0.25) is 0 Å². The largest absolute Gasteiger partial charge is 0.494 e. The van der Waals surface area contributed by atoms with Gasteiger partial charge < -0.3 is 19.4 Å². The summed E-state index contributed by atoms with van der Waals surface area (Å²) in [5.74, 6) is 1.30. The number of likely N-dealkylation sites (tertiary alicyclic amines) is 1. The van der Waals surface area contributed by atoms with Gasteiger partial charge in [-0.25, -0.2) is 0 Å². The van der Waals surface area contributed by atoms with Gasteiger partial charge in [0.15, 0.2) is 10.4 Å². The van der Waals surface area contributed by atoms with Crippen LogP contribution in [0.15, 0.2) is 45.5 Å². The maximum absolute atomic E-state index is 12.4. The zero-order valence-electron chi connectivity index (χ0n) is 16.7. The summed E-state index contributed by atoms with van der Waals surface area (Å²) in [7, 11) is 0. The second kappa shape index (κ2) is 10.5. The van der Waals surface area contributed by atoms with Crippen LogP contribution in [0.5, 0.6) is 5.75 Å². The van der Waals surface area contributed by atoms with E-state index in [9.17, 15) is 9.59 Å². The van der Waals surface area contributed by atoms with Crippen molar-refractivity contribution in [2.24, 2.45) is 5.92 Å². The Balaban J connectivity index is 1.36. The number of nitrogens with zero attached hydrogens (tertiary/aromatic N) is 1. The van der Waals surface area contributed by atoms with Crippen LogP contribution in [0.25, 0.3) is 0 Å². The van der Waals surface area contributed by atoms with Gasteiger partial charge in [0.25, 0.3) is 5.91 Å². The van der Waals surface area contributed by atoms with Crippen molar-refractivity contribution in [1.82, 2.24) is 10.2 Å². The number of amides is 2. The molecule has 0 atom stereocenters. The second-order valence-corrected chi connectivity index (χ2v) is 8.01. The Morgan fingerprint density at radius 2 is 1.90 bits per heavy atom. The minimum Gasteiger partial charge on any atom is -0.494 e. The third kappa shape index (κ3) is 6.35. The smallest absolute Gasteiger partial charge is 0.287 e. The van der Waals surface area contributed by atoms with Gasteiger partial charge in [-0.15, -0.1) is 0 Å². The Labute approximate surface area is 179 Å². The Kier molecular flexibility index (Phi) is 7.75. The highest BCUT2D eigenvalue weighted by Gasteiger charge is 2.23. The predicted octanol–water partition coefficient (Wildman–Crippen LogP) is 4.04. The number of piperidine rings is 1. The van der Waals surface area contributed by atoms with E-state index in [4.69, 9.17) is 9.15 Å². The Bertz CT molecular complexity index is 810. The standard InChI is InChI=1S/C22H27BrN2O4/c1-2-28-18-7-5-16(6-8-18)3-4-17-11-13-25(14-12-17)21(26)15-24-22(27)19-9-10-20(23)29-19/h5-10,17H,2-4,11-15H2,1H3,(H,24,27). The fourth-order valence-electron chi connectivity index (χ4n) is 3.55. The summed E-state index contributed by atoms with van der Waals surface area (Å²) in [5.41, 5.74) is 1.32. The summed E-state index contributed by atoms with van der Waals surface area (Å²) in [5, 5.41) is 2.63. The van der Waals surface area contributed by atoms with Crippen molar-refractivity contribution in [2.75, 3.05) is 26.2 Å². The van der Waals surface area contributed by atoms with E-state index in [-0.39, 0.29) is 24.1 Å². The normalized spacial score (nSPS) is 14.6. The lowest BCUT2D eigenvalue weighted by molar-refractivity contribution is -0.131. The number of carbonyl (C=O) groups excluding carboxylic acids is 2. The summed E-state index contributed by atoms with van der Waals surface area (Å²) in [6.07, 6.45) is 4.17. The van der Waals surface area contributed by atoms with E-state index in [2.05, 4.69) is 33.4 Å². The summed E-state index contributed by atoms with van der Waals surface area (Å²) < 4.78 is 11.2. The topological polar surface area (TPSA) is 71.8 Å². The highest BCUT2D eigenvalue weighted by molar-refractivity contribution is 9.10. The number of halogens is 1. The highest BCUT2D eigenvalue weighted by atomic mass is 79.9. The molecule has 2 amide bonds. The molecule has 1 N–H and O–H groups in total. The highest BCUT2D eigenvalue weighted by Crippen LogP contribution is 2.23. The van der Waals surface area contributed by atoms with Crippen molar-refractivity contribution >= 4 is 27.7 Å². The molecule has 0 aliphatic carbocycles. The number of furan rings is 1. The third-order valence-electron chi connectivity index (χ3n) is 5.24. The summed E-state index contributed by atoms with van der Waals surface area (Å²) >= 11 is 3.16. The van der Waals surface area contributed by atoms with Crippen LogP contribution in [0.4, 0.5) is 0 Å². The maximum Gasteiger partial charge on any atom is 0.287 e. The Hall–Kier alpha value is -2.28. The van der Waals surface area contributed by atoms with Crippen LogP contribution in [0, 0.1) is 5.92 Å². The average molecular weight is 463 g/mol. The van der Waals surface area contributed by atoms with Gasteiger partial charge in [-0.2, -0.15) is 0 Å². The Morgan fingerprint density at radius 3 is 2.52 bits per heavy atom. The first-order valence-corrected chi connectivity index (χ1v) is 10.9. The van der Waals surface area contributed by atoms with Crippen molar-refractivity contribution < 1.29 is 18.7 Å². The molecule has 1 aliphatic heterocycles. The van der Waals surface area contributed by atoms with Gasteiger partial charge in [-0.1, -0.05) is 12.1 Å². The predicted molar refractivity (Wildman–Crippen MR) is 114 cm³/mol. The molecule has 3 rings (SSSR count). The minimum atomic E-state index is -0.380. The van der Waals surface area contributed by atoms with Crippen molar-refractivity contribution in [2.45, 2.75) is 32.6 Å². The first-order chi connectivity index (χ1) is 14.0. The molecule has 0 unspecified atom stereocenters. The van der Waals surface area contributed by atoms with Crippen molar-refractivity contribution in [3.05, 3.63) is 52.4 Å². The van der Waals surface area contributed by atoms with Crippen molar-refractivity contribution in [3.8, 4) is 5.75 Å². The third-order valence-corrected chi connectivity index (χ3v) is 5.67. The molecule has 7 heteroatoms. The van der Waals surface area contributed by atoms with E-state index < -0.39 is 0 Å². The zero-order valence-corrected chi connectivity index (χ0v) is 18.2. The van der Waals surface area contributed by atoms with Crippen molar-refractivity contribution in [1.29, 1.82) is 0 Å². The number of aryl methyl sites for hydroxylation is 1. The fourth-order valence-corrected chi connectivity index (χ4v) is 3.86. The molecule has 156 valence electrons. The van der Waals surface area contributed by atoms with Gasteiger partial charge >= 0.3 is 0 Å². The van der Waals surface area contributed by atoms with E-state index in [1.807, 2.05) is 24.0 Å². The fraction of sp³-hybridized carbons (Fsp3) is 0.455. The van der Waals surface area contributed by atoms with Gasteiger partial charge in [0, 0.05) is 13.1 Å². The molecule has 29 heavy (non-hydrogen) atoms. The zero-order chi connectivity index (χ0) is 20.6. The second-order valence-electron chi connectivity index (χ2n) is 7.23. The van der Waals surface area contributed by atoms with Gasteiger partial charge in [-0.05, 0) is 84.3 Å². The minimum absolute atomic E-state index is 0.00595. The lowest BCUT2D eigenvalue weighted by Gasteiger charge is -2.32. The number of nitrogens with one attached hydrogen (secondary N) is 1. The lowest BCUT2D eigenvalue weighted by Crippen LogP contribution is -2.44. The molecular weight excluding hydrogens is 436 g/mol. The molecule has 1 saturated heterocycles. The lowest BCUT2D eigenvalue weighted by atomic mass is 9.90. The van der Waals surface area contributed by atoms with Gasteiger partial charge in [-0.3, -0.25) is 9.59 Å². The summed E-state index contributed by atoms with van der Waals surface area (Å²) in [4.78, 5) is 26.2. The molecule has 1 fully saturated rings. The summed E-state index contributed by atoms with van der Waals surface area (Å²) in [6, 6.07) is 11.5. The van der Waals surface area contributed by atoms with Gasteiger partial charge in [0.2, 0.25) is 5.91 Å². The molecule has 0 spiro atoms. The number of benzene rings is 1. The molecule has 0 bridgehead atoms. The SMILES string of the molecule is CCOc1ccc(CCC2CCN(C(=O)CNC(=O)c3ccc(Br)o3)CC2)cc1. The molecular formula is C22H27BrN2O4. The Morgan fingerprint density at radius 1 is 1.17 bits per heavy atom. The van der Waals surface area contributed by atoms with Crippen LogP contribution in [-0.4, -0.2) is 43.0 Å². The van der Waals surface area contributed by atoms with Crippen molar-refractivity contribution in [3.63, 3.8) is 0 Å². The first kappa shape index (κ1) is 21.4. The first-order valence-electron chi connectivity index (χ1n) is 10.1. The van der Waals surface area contributed by atoms with E-state index in [1.54, 1.807) is 12.1 Å². The summed E-state index contributed by atoms with van der Waals surface area (Å²) in [6.45, 7) is 4.15. The monoisotopic (exact) mass is 462 g/mol. The molecule has 6 nitrogen and oxygen atoms in total. The number of hydrogen-bond donors (Lipinski definition) is 1. The molecule has 1 aromatic carbocycles. The van der Waals surface area contributed by atoms with Crippen LogP contribution in [-0.2, 0) is 11.2 Å². The van der Waals surface area contributed by atoms with Gasteiger partial charge in [0.1, 0.15) is 5.75 Å². The van der Waals surface area contributed by atoms with E-state index in [1.165, 1.54) is 5.56 Å². The molecule has 1 aliphatic rings. The van der Waals surface area contributed by atoms with E-state index >= 15 is 0 Å². The molecule has 0 radical (unpaired) electrons. The molecule has 2 heterocycles. The number of ether oxygens (including phenoxy) is 1. The van der Waals surface area contributed by atoms with Crippen LogP contribution in [0.3, 0.4) is 0 Å². The molecule has 0 saturated carbocycles. The maximum atomic E-state index is 12.4. The van der Waals surface area contributed by atoms with E-state index in [0.717, 1.165) is 44.5 Å². The number of rotatable bonds is 8. The molecule has 2 aromatic rings. The van der Waals surface area contributed by atoms with Gasteiger partial charge in [0.05, 0.1) is 13.2 Å². The van der Waals surface area contributed by atoms with Crippen LogP contribution in [0.1, 0.15) is 42.3 Å². The molecule has 1 aromatic heterocycles.